The Labute approximate surface area is 222 Å². The monoisotopic (exact) mass is 523 g/mol. The number of hydrogen-bond acceptors (Lipinski definition) is 7. The summed E-state index contributed by atoms with van der Waals surface area (Å²) in [6, 6.07) is 20.3. The fourth-order valence-electron chi connectivity index (χ4n) is 4.39. The van der Waals surface area contributed by atoms with Crippen molar-refractivity contribution in [2.24, 2.45) is 0 Å². The van der Waals surface area contributed by atoms with Crippen molar-refractivity contribution in [3.05, 3.63) is 71.2 Å². The summed E-state index contributed by atoms with van der Waals surface area (Å²) in [5, 5.41) is 7.55. The average molecular weight is 524 g/mol. The van der Waals surface area contributed by atoms with Crippen LogP contribution in [0.3, 0.4) is 0 Å². The fraction of sp³-hybridized carbons (Fsp3) is 0.346. The molecule has 0 bridgehead atoms. The van der Waals surface area contributed by atoms with E-state index in [0.29, 0.717) is 35.8 Å². The van der Waals surface area contributed by atoms with E-state index in [2.05, 4.69) is 61.7 Å². The lowest BCUT2D eigenvalue weighted by atomic mass is 10.2. The average Bonchev–Trinajstić information content (AvgIpc) is 2.93. The Morgan fingerprint density at radius 3 is 2.14 bits per heavy atom. The summed E-state index contributed by atoms with van der Waals surface area (Å²) in [6.45, 7) is 7.11. The molecule has 2 fully saturated rings. The predicted octanol–water partition coefficient (Wildman–Crippen LogP) is 3.78. The van der Waals surface area contributed by atoms with Gasteiger partial charge in [-0.05, 0) is 36.0 Å². The van der Waals surface area contributed by atoms with E-state index in [9.17, 15) is 0 Å². The van der Waals surface area contributed by atoms with Crippen LogP contribution in [0.1, 0.15) is 5.56 Å². The molecule has 0 unspecified atom stereocenters. The molecule has 0 atom stereocenters. The largest absolute Gasteiger partial charge is 0.378 e. The standard InChI is InChI=1S/C26H30ClN7OS/c27-22-9-5-4-6-20(22)19-28-26(36)31-25-29-23(18-24(30-25)34-14-16-35-17-15-34)33-12-10-32(11-13-33)21-7-2-1-3-8-21/h1-9,18H,10-17,19H2,(H2,28,29,30,31,36). The van der Waals surface area contributed by atoms with Crippen LogP contribution in [0.25, 0.3) is 0 Å². The molecule has 2 saturated heterocycles. The third kappa shape index (κ3) is 6.16. The topological polar surface area (TPSA) is 68.8 Å². The van der Waals surface area contributed by atoms with E-state index < -0.39 is 0 Å². The van der Waals surface area contributed by atoms with Gasteiger partial charge in [0.05, 0.1) is 13.2 Å². The van der Waals surface area contributed by atoms with Crippen LogP contribution >= 0.6 is 23.8 Å². The molecule has 3 heterocycles. The Bertz CT molecular complexity index is 1170. The second-order valence-corrected chi connectivity index (χ2v) is 9.53. The molecule has 8 nitrogen and oxygen atoms in total. The van der Waals surface area contributed by atoms with Gasteiger partial charge in [-0.1, -0.05) is 48.0 Å². The number of para-hydroxylation sites is 1. The first-order valence-electron chi connectivity index (χ1n) is 12.2. The van der Waals surface area contributed by atoms with Crippen LogP contribution in [0.4, 0.5) is 23.3 Å². The van der Waals surface area contributed by atoms with E-state index in [0.717, 1.165) is 56.5 Å². The quantitative estimate of drug-likeness (QED) is 0.470. The number of nitrogens with zero attached hydrogens (tertiary/aromatic N) is 5. The molecule has 5 rings (SSSR count). The maximum absolute atomic E-state index is 6.28. The second-order valence-electron chi connectivity index (χ2n) is 8.72. The van der Waals surface area contributed by atoms with Gasteiger partial charge in [0.1, 0.15) is 11.6 Å². The lowest BCUT2D eigenvalue weighted by molar-refractivity contribution is 0.122. The summed E-state index contributed by atoms with van der Waals surface area (Å²) in [6.07, 6.45) is 0. The summed E-state index contributed by atoms with van der Waals surface area (Å²) >= 11 is 11.8. The Hall–Kier alpha value is -3.14. The van der Waals surface area contributed by atoms with Crippen LogP contribution in [-0.2, 0) is 11.3 Å². The lowest BCUT2D eigenvalue weighted by Gasteiger charge is -2.37. The number of aromatic nitrogens is 2. The molecule has 2 aliphatic rings. The van der Waals surface area contributed by atoms with E-state index in [1.54, 1.807) is 0 Å². The number of hydrogen-bond donors (Lipinski definition) is 2. The highest BCUT2D eigenvalue weighted by Crippen LogP contribution is 2.25. The zero-order valence-corrected chi connectivity index (χ0v) is 21.6. The lowest BCUT2D eigenvalue weighted by Crippen LogP contribution is -2.47. The number of anilines is 4. The van der Waals surface area contributed by atoms with Crippen LogP contribution in [0.15, 0.2) is 60.7 Å². The number of nitrogens with one attached hydrogen (secondary N) is 2. The van der Waals surface area contributed by atoms with E-state index in [4.69, 9.17) is 38.5 Å². The smallest absolute Gasteiger partial charge is 0.232 e. The second kappa shape index (κ2) is 11.7. The molecular weight excluding hydrogens is 494 g/mol. The highest BCUT2D eigenvalue weighted by molar-refractivity contribution is 7.80. The van der Waals surface area contributed by atoms with Gasteiger partial charge >= 0.3 is 0 Å². The molecule has 188 valence electrons. The summed E-state index contributed by atoms with van der Waals surface area (Å²) in [4.78, 5) is 16.6. The van der Waals surface area contributed by atoms with Crippen molar-refractivity contribution in [2.75, 3.05) is 72.5 Å². The molecule has 0 spiro atoms. The third-order valence-corrected chi connectivity index (χ3v) is 7.00. The van der Waals surface area contributed by atoms with Gasteiger partial charge in [0, 0.05) is 62.6 Å². The first-order valence-corrected chi connectivity index (χ1v) is 13.0. The molecular formula is C26H30ClN7OS. The number of piperazine rings is 1. The van der Waals surface area contributed by atoms with Crippen molar-refractivity contribution in [3.8, 4) is 0 Å². The van der Waals surface area contributed by atoms with Gasteiger partial charge in [-0.15, -0.1) is 0 Å². The maximum Gasteiger partial charge on any atom is 0.232 e. The first kappa shape index (κ1) is 24.5. The van der Waals surface area contributed by atoms with Crippen LogP contribution in [0, 0.1) is 0 Å². The normalized spacial score (nSPS) is 16.1. The maximum atomic E-state index is 6.28. The first-order chi connectivity index (χ1) is 17.7. The summed E-state index contributed by atoms with van der Waals surface area (Å²) in [5.74, 6) is 2.26. The van der Waals surface area contributed by atoms with E-state index in [-0.39, 0.29) is 0 Å². The number of ether oxygens (including phenoxy) is 1. The van der Waals surface area contributed by atoms with Gasteiger partial charge in [0.25, 0.3) is 0 Å². The zero-order valence-electron chi connectivity index (χ0n) is 20.1. The van der Waals surface area contributed by atoms with Crippen molar-refractivity contribution in [2.45, 2.75) is 6.54 Å². The van der Waals surface area contributed by atoms with Crippen molar-refractivity contribution < 1.29 is 4.74 Å². The van der Waals surface area contributed by atoms with Crippen molar-refractivity contribution in [3.63, 3.8) is 0 Å². The molecule has 3 aromatic rings. The van der Waals surface area contributed by atoms with Gasteiger partial charge in [-0.3, -0.25) is 0 Å². The van der Waals surface area contributed by atoms with Crippen LogP contribution in [0.5, 0.6) is 0 Å². The van der Waals surface area contributed by atoms with Gasteiger partial charge in [0.15, 0.2) is 5.11 Å². The van der Waals surface area contributed by atoms with E-state index in [1.807, 2.05) is 24.3 Å². The summed E-state index contributed by atoms with van der Waals surface area (Å²) in [5.41, 5.74) is 2.23. The molecule has 2 aliphatic heterocycles. The van der Waals surface area contributed by atoms with E-state index >= 15 is 0 Å². The number of morpholine rings is 1. The molecule has 1 aromatic heterocycles. The zero-order chi connectivity index (χ0) is 24.7. The Kier molecular flexibility index (Phi) is 8.00. The molecule has 36 heavy (non-hydrogen) atoms. The van der Waals surface area contributed by atoms with E-state index in [1.165, 1.54) is 5.69 Å². The Balaban J connectivity index is 1.29. The minimum absolute atomic E-state index is 0.453. The minimum atomic E-state index is 0.453. The summed E-state index contributed by atoms with van der Waals surface area (Å²) < 4.78 is 5.54. The highest BCUT2D eigenvalue weighted by atomic mass is 35.5. The predicted molar refractivity (Wildman–Crippen MR) is 150 cm³/mol. The van der Waals surface area contributed by atoms with Crippen LogP contribution < -0.4 is 25.3 Å². The van der Waals surface area contributed by atoms with Crippen molar-refractivity contribution in [1.29, 1.82) is 0 Å². The van der Waals surface area contributed by atoms with Gasteiger partial charge < -0.3 is 30.1 Å². The molecule has 10 heteroatoms. The van der Waals surface area contributed by atoms with Gasteiger partial charge in [-0.2, -0.15) is 9.97 Å². The van der Waals surface area contributed by atoms with Crippen molar-refractivity contribution >= 4 is 52.2 Å². The SMILES string of the molecule is S=C(NCc1ccccc1Cl)Nc1nc(N2CCOCC2)cc(N2CCN(c3ccccc3)CC2)n1. The molecule has 2 aromatic carbocycles. The fourth-order valence-corrected chi connectivity index (χ4v) is 4.76. The summed E-state index contributed by atoms with van der Waals surface area (Å²) in [7, 11) is 0. The number of rotatable bonds is 6. The van der Waals surface area contributed by atoms with Gasteiger partial charge in [0.2, 0.25) is 5.95 Å². The molecule has 0 radical (unpaired) electrons. The number of thiocarbonyl (C=S) groups is 1. The molecule has 0 amide bonds. The Morgan fingerprint density at radius 1 is 0.833 bits per heavy atom. The number of benzene rings is 2. The number of halogens is 1. The van der Waals surface area contributed by atoms with Crippen LogP contribution in [-0.4, -0.2) is 67.6 Å². The van der Waals surface area contributed by atoms with Gasteiger partial charge in [-0.25, -0.2) is 0 Å². The molecule has 2 N–H and O–H groups in total. The molecule has 0 saturated carbocycles. The van der Waals surface area contributed by atoms with Crippen molar-refractivity contribution in [1.82, 2.24) is 15.3 Å². The third-order valence-electron chi connectivity index (χ3n) is 6.38. The Morgan fingerprint density at radius 2 is 1.44 bits per heavy atom. The van der Waals surface area contributed by atoms with Crippen LogP contribution in [0.2, 0.25) is 5.02 Å². The molecule has 0 aliphatic carbocycles. The minimum Gasteiger partial charge on any atom is -0.378 e. The highest BCUT2D eigenvalue weighted by Gasteiger charge is 2.22.